The molecule has 2 fully saturated rings. The Labute approximate surface area is 77.8 Å². The van der Waals surface area contributed by atoms with Gasteiger partial charge in [0.15, 0.2) is 0 Å². The van der Waals surface area contributed by atoms with Crippen LogP contribution in [0.15, 0.2) is 12.3 Å². The summed E-state index contributed by atoms with van der Waals surface area (Å²) in [7, 11) is 2.04. The van der Waals surface area contributed by atoms with Gasteiger partial charge in [-0.05, 0) is 14.0 Å². The highest BCUT2D eigenvalue weighted by Crippen LogP contribution is 2.34. The summed E-state index contributed by atoms with van der Waals surface area (Å²) in [6.07, 6.45) is -0.249. The normalized spacial score (nSPS) is 34.8. The number of hydrogen-bond acceptors (Lipinski definition) is 3. The number of rotatable bonds is 0. The van der Waals surface area contributed by atoms with Crippen molar-refractivity contribution in [3.8, 4) is 0 Å². The predicted molar refractivity (Wildman–Crippen MR) is 48.2 cm³/mol. The molecule has 2 aliphatic heterocycles. The molecule has 0 spiro atoms. The Balaban J connectivity index is 2.31. The van der Waals surface area contributed by atoms with E-state index in [4.69, 9.17) is 4.74 Å². The molecule has 4 heteroatoms. The molecule has 2 saturated heterocycles. The number of fused-ring (bicyclic) bond motifs is 1. The standard InChI is InChI=1S/C9H14N2O2/c1-7-9(2)6-10(3)4-5-11(9)8(12)13-7/h1,4-6H2,2-3H3. The van der Waals surface area contributed by atoms with Crippen molar-refractivity contribution in [1.29, 1.82) is 0 Å². The molecular formula is C9H14N2O2. The number of piperazine rings is 1. The molecule has 0 N–H and O–H groups in total. The Morgan fingerprint density at radius 2 is 2.23 bits per heavy atom. The summed E-state index contributed by atoms with van der Waals surface area (Å²) >= 11 is 0. The first-order valence-corrected chi connectivity index (χ1v) is 4.41. The van der Waals surface area contributed by atoms with Crippen LogP contribution in [0.3, 0.4) is 0 Å². The van der Waals surface area contributed by atoms with Crippen LogP contribution in [0.4, 0.5) is 4.79 Å². The molecule has 2 rings (SSSR count). The Morgan fingerprint density at radius 3 is 2.92 bits per heavy atom. The van der Waals surface area contributed by atoms with E-state index in [0.29, 0.717) is 5.76 Å². The average molecular weight is 182 g/mol. The highest BCUT2D eigenvalue weighted by Gasteiger charge is 2.49. The highest BCUT2D eigenvalue weighted by atomic mass is 16.6. The number of ether oxygens (including phenoxy) is 1. The second kappa shape index (κ2) is 2.48. The van der Waals surface area contributed by atoms with E-state index >= 15 is 0 Å². The predicted octanol–water partition coefficient (Wildman–Crippen LogP) is 0.656. The van der Waals surface area contributed by atoms with Crippen molar-refractivity contribution in [2.24, 2.45) is 0 Å². The van der Waals surface area contributed by atoms with Crippen molar-refractivity contribution < 1.29 is 9.53 Å². The van der Waals surface area contributed by atoms with Gasteiger partial charge in [0.2, 0.25) is 0 Å². The summed E-state index contributed by atoms with van der Waals surface area (Å²) in [6.45, 7) is 8.21. The zero-order valence-corrected chi connectivity index (χ0v) is 8.04. The van der Waals surface area contributed by atoms with Gasteiger partial charge in [-0.1, -0.05) is 6.58 Å². The largest absolute Gasteiger partial charge is 0.415 e. The molecule has 1 unspecified atom stereocenters. The van der Waals surface area contributed by atoms with Crippen molar-refractivity contribution in [3.05, 3.63) is 12.3 Å². The third-order valence-corrected chi connectivity index (χ3v) is 2.91. The maximum absolute atomic E-state index is 11.4. The number of likely N-dealkylation sites (N-methyl/N-ethyl adjacent to an activating group) is 1. The van der Waals surface area contributed by atoms with Crippen LogP contribution >= 0.6 is 0 Å². The van der Waals surface area contributed by atoms with Crippen LogP contribution in [0.2, 0.25) is 0 Å². The van der Waals surface area contributed by atoms with Gasteiger partial charge in [-0.25, -0.2) is 4.79 Å². The zero-order valence-electron chi connectivity index (χ0n) is 8.04. The van der Waals surface area contributed by atoms with E-state index in [9.17, 15) is 4.79 Å². The number of nitrogens with zero attached hydrogens (tertiary/aromatic N) is 2. The average Bonchev–Trinajstić information content (AvgIpc) is 2.23. The topological polar surface area (TPSA) is 32.8 Å². The van der Waals surface area contributed by atoms with Crippen molar-refractivity contribution in [1.82, 2.24) is 9.80 Å². The molecular weight excluding hydrogens is 168 g/mol. The summed E-state index contributed by atoms with van der Waals surface area (Å²) in [5.74, 6) is 0.573. The summed E-state index contributed by atoms with van der Waals surface area (Å²) < 4.78 is 5.03. The third kappa shape index (κ3) is 1.05. The number of hydrogen-bond donors (Lipinski definition) is 0. The first-order chi connectivity index (χ1) is 6.04. The molecule has 0 aromatic heterocycles. The maximum Gasteiger partial charge on any atom is 0.415 e. The van der Waals surface area contributed by atoms with E-state index in [1.54, 1.807) is 4.90 Å². The van der Waals surface area contributed by atoms with E-state index in [-0.39, 0.29) is 11.6 Å². The summed E-state index contributed by atoms with van der Waals surface area (Å²) in [6, 6.07) is 0. The van der Waals surface area contributed by atoms with Gasteiger partial charge < -0.3 is 9.64 Å². The molecule has 0 aromatic rings. The van der Waals surface area contributed by atoms with Gasteiger partial charge in [0.05, 0.1) is 0 Å². The highest BCUT2D eigenvalue weighted by molar-refractivity contribution is 5.74. The Bertz CT molecular complexity index is 277. The van der Waals surface area contributed by atoms with E-state index < -0.39 is 0 Å². The molecule has 72 valence electrons. The monoisotopic (exact) mass is 182 g/mol. The molecule has 0 radical (unpaired) electrons. The molecule has 1 amide bonds. The van der Waals surface area contributed by atoms with Crippen LogP contribution in [-0.2, 0) is 4.74 Å². The zero-order chi connectivity index (χ0) is 9.64. The van der Waals surface area contributed by atoms with E-state index in [0.717, 1.165) is 19.6 Å². The van der Waals surface area contributed by atoms with Crippen molar-refractivity contribution in [2.45, 2.75) is 12.5 Å². The molecule has 0 aliphatic carbocycles. The Kier molecular flexibility index (Phi) is 1.63. The number of cyclic esters (lactones) is 1. The summed E-state index contributed by atoms with van der Waals surface area (Å²) in [5.41, 5.74) is -0.315. The van der Waals surface area contributed by atoms with Gasteiger partial charge in [-0.2, -0.15) is 0 Å². The van der Waals surface area contributed by atoms with Crippen LogP contribution in [-0.4, -0.2) is 48.1 Å². The number of carbonyl (C=O) groups is 1. The molecule has 4 nitrogen and oxygen atoms in total. The van der Waals surface area contributed by atoms with Gasteiger partial charge in [0.1, 0.15) is 11.3 Å². The van der Waals surface area contributed by atoms with Gasteiger partial charge in [0.25, 0.3) is 0 Å². The minimum Gasteiger partial charge on any atom is -0.413 e. The van der Waals surface area contributed by atoms with Crippen LogP contribution in [0.5, 0.6) is 0 Å². The molecule has 0 saturated carbocycles. The second-order valence-electron chi connectivity index (χ2n) is 3.95. The SMILES string of the molecule is C=C1OC(=O)N2CCN(C)CC12C. The molecule has 1 atom stereocenters. The fourth-order valence-electron chi connectivity index (χ4n) is 2.01. The van der Waals surface area contributed by atoms with Crippen molar-refractivity contribution in [2.75, 3.05) is 26.7 Å². The molecule has 13 heavy (non-hydrogen) atoms. The van der Waals surface area contributed by atoms with Crippen LogP contribution < -0.4 is 0 Å². The Hall–Kier alpha value is -1.03. The van der Waals surface area contributed by atoms with Crippen molar-refractivity contribution in [3.63, 3.8) is 0 Å². The van der Waals surface area contributed by atoms with Gasteiger partial charge in [-0.3, -0.25) is 4.90 Å². The first kappa shape index (κ1) is 8.56. The smallest absolute Gasteiger partial charge is 0.413 e. The maximum atomic E-state index is 11.4. The molecule has 2 aliphatic rings. The van der Waals surface area contributed by atoms with Gasteiger partial charge >= 0.3 is 6.09 Å². The minimum atomic E-state index is -0.315. The molecule has 0 aromatic carbocycles. The molecule has 2 heterocycles. The lowest BCUT2D eigenvalue weighted by Gasteiger charge is -2.40. The first-order valence-electron chi connectivity index (χ1n) is 4.41. The fraction of sp³-hybridized carbons (Fsp3) is 0.667. The van der Waals surface area contributed by atoms with Gasteiger partial charge in [-0.15, -0.1) is 0 Å². The van der Waals surface area contributed by atoms with Crippen LogP contribution in [0.1, 0.15) is 6.92 Å². The Morgan fingerprint density at radius 1 is 1.54 bits per heavy atom. The van der Waals surface area contributed by atoms with E-state index in [2.05, 4.69) is 11.5 Å². The van der Waals surface area contributed by atoms with Crippen LogP contribution in [0.25, 0.3) is 0 Å². The summed E-state index contributed by atoms with van der Waals surface area (Å²) in [5, 5.41) is 0. The van der Waals surface area contributed by atoms with Gasteiger partial charge in [0, 0.05) is 19.6 Å². The fourth-order valence-corrected chi connectivity index (χ4v) is 2.01. The molecule has 0 bridgehead atoms. The lowest BCUT2D eigenvalue weighted by molar-refractivity contribution is 0.0908. The van der Waals surface area contributed by atoms with Crippen molar-refractivity contribution >= 4 is 6.09 Å². The lowest BCUT2D eigenvalue weighted by Crippen LogP contribution is -2.57. The number of amides is 1. The van der Waals surface area contributed by atoms with E-state index in [1.807, 2.05) is 14.0 Å². The summed E-state index contributed by atoms with van der Waals surface area (Å²) in [4.78, 5) is 15.3. The second-order valence-corrected chi connectivity index (χ2v) is 3.95. The van der Waals surface area contributed by atoms with E-state index in [1.165, 1.54) is 0 Å². The third-order valence-electron chi connectivity index (χ3n) is 2.91. The lowest BCUT2D eigenvalue weighted by atomic mass is 9.96. The van der Waals surface area contributed by atoms with Crippen LogP contribution in [0, 0.1) is 0 Å². The number of carbonyl (C=O) groups excluding carboxylic acids is 1. The minimum absolute atomic E-state index is 0.249. The quantitative estimate of drug-likeness (QED) is 0.551.